The van der Waals surface area contributed by atoms with Crippen LogP contribution in [0.4, 0.5) is 8.78 Å². The SMILES string of the molecule is C.N[C@H](CN1CCCC1)[C@H](O)c1cc(F)c2c(c1)OCCO2.O=C(N[C@H](CN1CCCC1)[C@H](O)c1cc(F)c2c(c1)OCCO2)C(=O)c1ccc(C2CCOCC2)cc1.O=C(O)C(=O)c1ccc(C2CCOCC2)cc1. The second kappa shape index (κ2) is 27.8. The standard InChI is InChI=1S/C28H33FN2O6.C15H21FN2O3.C13H14O4.CH4/c29-22-15-21(16-24-27(22)37-14-13-36-24)25(32)23(17-31-9-1-2-10-31)30-28(34)26(33)20-5-3-18(4-6-20)19-7-11-35-12-8-19;16-11-7-10(8-13-15(11)21-6-5-20-13)14(19)12(17)9-18-3-1-2-4-18;14-12(13(15)16)11-3-1-9(2-4-11)10-5-7-17-8-6-10;/h3-6,15-16,19,23,25,32H,1-2,7-14,17H2,(H,30,34);7-8,12,14,19H,1-6,9,17H2;1-4,10H,5-8H2,(H,15,16);1H4/t23-,25-;12-,14-;;/m11../s1. The van der Waals surface area contributed by atoms with Gasteiger partial charge in [-0.1, -0.05) is 56.0 Å². The van der Waals surface area contributed by atoms with E-state index in [0.29, 0.717) is 49.5 Å². The van der Waals surface area contributed by atoms with Gasteiger partial charge in [-0.15, -0.1) is 0 Å². The molecule has 4 fully saturated rings. The zero-order valence-corrected chi connectivity index (χ0v) is 42.1. The van der Waals surface area contributed by atoms with E-state index in [4.69, 9.17) is 39.3 Å². The van der Waals surface area contributed by atoms with Crippen LogP contribution < -0.4 is 30.0 Å². The normalized spacial score (nSPS) is 19.3. The van der Waals surface area contributed by atoms with Crippen molar-refractivity contribution in [2.24, 2.45) is 5.73 Å². The fraction of sp³-hybridized carbons (Fsp3) is 0.509. The molecule has 4 atom stereocenters. The summed E-state index contributed by atoms with van der Waals surface area (Å²) in [5.74, 6) is -3.38. The van der Waals surface area contributed by atoms with Crippen LogP contribution in [0.2, 0.25) is 0 Å². The Labute approximate surface area is 442 Å². The van der Waals surface area contributed by atoms with E-state index in [2.05, 4.69) is 15.1 Å². The van der Waals surface area contributed by atoms with Gasteiger partial charge in [0.1, 0.15) is 32.5 Å². The van der Waals surface area contributed by atoms with Gasteiger partial charge in [0.05, 0.1) is 12.1 Å². The molecule has 19 heteroatoms. The Morgan fingerprint density at radius 3 is 1.43 bits per heavy atom. The molecule has 6 aliphatic rings. The summed E-state index contributed by atoms with van der Waals surface area (Å²) >= 11 is 0. The van der Waals surface area contributed by atoms with E-state index in [1.807, 2.05) is 24.3 Å². The van der Waals surface area contributed by atoms with Crippen LogP contribution in [0.3, 0.4) is 0 Å². The summed E-state index contributed by atoms with van der Waals surface area (Å²) in [7, 11) is 0. The number of aliphatic hydroxyl groups is 2. The number of nitrogens with zero attached hydrogens (tertiary/aromatic N) is 2. The van der Waals surface area contributed by atoms with Gasteiger partial charge in [0, 0.05) is 56.7 Å². The number of carboxylic acids is 1. The monoisotopic (exact) mass is 1060 g/mol. The first kappa shape index (κ1) is 57.6. The lowest BCUT2D eigenvalue weighted by atomic mass is 9.91. The first-order valence-electron chi connectivity index (χ1n) is 26.1. The van der Waals surface area contributed by atoms with E-state index in [-0.39, 0.29) is 54.6 Å². The van der Waals surface area contributed by atoms with E-state index in [9.17, 15) is 38.2 Å². The maximum atomic E-state index is 14.7. The minimum atomic E-state index is -1.41. The molecule has 0 radical (unpaired) electrons. The van der Waals surface area contributed by atoms with Crippen molar-refractivity contribution in [2.45, 2.75) is 94.9 Å². The number of fused-ring (bicyclic) bond motifs is 2. The van der Waals surface area contributed by atoms with Crippen LogP contribution in [-0.4, -0.2) is 153 Å². The Morgan fingerprint density at radius 1 is 0.579 bits per heavy atom. The van der Waals surface area contributed by atoms with Crippen LogP contribution in [0.25, 0.3) is 0 Å². The zero-order chi connectivity index (χ0) is 52.8. The average Bonchev–Trinajstić information content (AvgIpc) is 4.18. The van der Waals surface area contributed by atoms with Crippen molar-refractivity contribution in [1.82, 2.24) is 15.1 Å². The van der Waals surface area contributed by atoms with E-state index >= 15 is 0 Å². The predicted molar refractivity (Wildman–Crippen MR) is 277 cm³/mol. The maximum absolute atomic E-state index is 14.7. The van der Waals surface area contributed by atoms with E-state index < -0.39 is 59.4 Å². The highest BCUT2D eigenvalue weighted by molar-refractivity contribution is 6.43. The number of likely N-dealkylation sites (tertiary alicyclic amines) is 2. The number of carbonyl (C=O) groups is 4. The number of amides is 1. The molecule has 0 unspecified atom stereocenters. The molecule has 76 heavy (non-hydrogen) atoms. The molecular formula is C57H72F2N4O13. The number of carboxylic acid groups (broad SMARTS) is 1. The largest absolute Gasteiger partial charge is 0.486 e. The molecule has 10 rings (SSSR count). The van der Waals surface area contributed by atoms with E-state index in [1.54, 1.807) is 30.3 Å². The molecule has 4 aromatic rings. The number of ketones is 2. The third-order valence-electron chi connectivity index (χ3n) is 14.5. The van der Waals surface area contributed by atoms with Crippen LogP contribution in [0.5, 0.6) is 23.0 Å². The van der Waals surface area contributed by atoms with Crippen molar-refractivity contribution in [3.8, 4) is 23.0 Å². The molecule has 0 saturated carbocycles. The molecule has 0 aromatic heterocycles. The van der Waals surface area contributed by atoms with Gasteiger partial charge < -0.3 is 64.6 Å². The third-order valence-corrected chi connectivity index (χ3v) is 14.5. The highest BCUT2D eigenvalue weighted by atomic mass is 19.1. The number of aliphatic hydroxyl groups excluding tert-OH is 2. The minimum absolute atomic E-state index is 0. The van der Waals surface area contributed by atoms with Crippen LogP contribution in [0.1, 0.15) is 126 Å². The fourth-order valence-corrected chi connectivity index (χ4v) is 10.3. The van der Waals surface area contributed by atoms with Gasteiger partial charge in [0.15, 0.2) is 34.6 Å². The van der Waals surface area contributed by atoms with Gasteiger partial charge >= 0.3 is 5.97 Å². The summed E-state index contributed by atoms with van der Waals surface area (Å²) in [5, 5.41) is 32.9. The number of hydrogen-bond donors (Lipinski definition) is 5. The molecule has 0 aliphatic carbocycles. The number of nitrogens with one attached hydrogen (secondary N) is 1. The fourth-order valence-electron chi connectivity index (χ4n) is 10.3. The quantitative estimate of drug-likeness (QED) is 0.0630. The molecule has 6 heterocycles. The third kappa shape index (κ3) is 15.1. The number of ether oxygens (including phenoxy) is 6. The molecule has 412 valence electrons. The lowest BCUT2D eigenvalue weighted by molar-refractivity contribution is -0.131. The lowest BCUT2D eigenvalue weighted by Gasteiger charge is -2.29. The van der Waals surface area contributed by atoms with Crippen molar-refractivity contribution in [3.63, 3.8) is 0 Å². The maximum Gasteiger partial charge on any atom is 0.377 e. The first-order valence-corrected chi connectivity index (χ1v) is 26.1. The number of halogens is 2. The number of hydrogen-bond acceptors (Lipinski definition) is 15. The molecule has 4 saturated heterocycles. The Kier molecular flexibility index (Phi) is 21.1. The Balaban J connectivity index is 0.000000182. The highest BCUT2D eigenvalue weighted by Crippen LogP contribution is 2.38. The van der Waals surface area contributed by atoms with Gasteiger partial charge in [0.25, 0.3) is 11.7 Å². The number of carbonyl (C=O) groups excluding carboxylic acids is 3. The van der Waals surface area contributed by atoms with Gasteiger partial charge in [-0.2, -0.15) is 0 Å². The smallest absolute Gasteiger partial charge is 0.377 e. The van der Waals surface area contributed by atoms with Crippen molar-refractivity contribution in [2.75, 3.05) is 92.1 Å². The van der Waals surface area contributed by atoms with Crippen molar-refractivity contribution < 1.29 is 71.7 Å². The van der Waals surface area contributed by atoms with E-state index in [0.717, 1.165) is 102 Å². The number of benzene rings is 4. The zero-order valence-electron chi connectivity index (χ0n) is 42.1. The second-order valence-corrected chi connectivity index (χ2v) is 19.7. The van der Waals surface area contributed by atoms with Crippen LogP contribution in [0, 0.1) is 11.6 Å². The molecule has 6 aliphatic heterocycles. The highest BCUT2D eigenvalue weighted by Gasteiger charge is 2.32. The number of Topliss-reactive ketones (excluding diaryl/α,β-unsaturated/α-hetero) is 2. The summed E-state index contributed by atoms with van der Waals surface area (Å²) < 4.78 is 60.8. The summed E-state index contributed by atoms with van der Waals surface area (Å²) in [6, 6.07) is 18.3. The van der Waals surface area contributed by atoms with Crippen LogP contribution >= 0.6 is 0 Å². The summed E-state index contributed by atoms with van der Waals surface area (Å²) in [4.78, 5) is 52.1. The number of aliphatic carboxylic acids is 1. The van der Waals surface area contributed by atoms with Crippen LogP contribution in [0.15, 0.2) is 72.8 Å². The molecule has 0 spiro atoms. The summed E-state index contributed by atoms with van der Waals surface area (Å²) in [6.07, 6.45) is 6.03. The van der Waals surface area contributed by atoms with Crippen molar-refractivity contribution >= 4 is 23.4 Å². The number of rotatable bonds is 15. The molecular weight excluding hydrogens is 987 g/mol. The topological polar surface area (TPSA) is 229 Å². The first-order chi connectivity index (χ1) is 36.3. The summed E-state index contributed by atoms with van der Waals surface area (Å²) in [5.41, 5.74) is 9.54. The van der Waals surface area contributed by atoms with Crippen molar-refractivity contribution in [1.29, 1.82) is 0 Å². The van der Waals surface area contributed by atoms with Gasteiger partial charge in [-0.25, -0.2) is 13.6 Å². The van der Waals surface area contributed by atoms with Gasteiger partial charge in [0.2, 0.25) is 5.78 Å². The Hall–Kier alpha value is -6.06. The lowest BCUT2D eigenvalue weighted by Crippen LogP contribution is -2.48. The minimum Gasteiger partial charge on any atom is -0.486 e. The predicted octanol–water partition coefficient (Wildman–Crippen LogP) is 6.53. The molecule has 17 nitrogen and oxygen atoms in total. The Morgan fingerprint density at radius 2 is 0.987 bits per heavy atom. The number of nitrogens with two attached hydrogens (primary N) is 1. The molecule has 6 N–H and O–H groups in total. The molecule has 0 bridgehead atoms. The van der Waals surface area contributed by atoms with Crippen LogP contribution in [-0.2, 0) is 19.1 Å². The van der Waals surface area contributed by atoms with E-state index in [1.165, 1.54) is 31.0 Å². The second-order valence-electron chi connectivity index (χ2n) is 19.7. The Bertz CT molecular complexity index is 2560. The summed E-state index contributed by atoms with van der Waals surface area (Å²) in [6.45, 7) is 8.84. The van der Waals surface area contributed by atoms with Crippen molar-refractivity contribution in [3.05, 3.63) is 118 Å². The van der Waals surface area contributed by atoms with Gasteiger partial charge in [-0.05, 0) is 136 Å². The van der Waals surface area contributed by atoms with Gasteiger partial charge in [-0.3, -0.25) is 14.4 Å². The average molecular weight is 1060 g/mol. The molecule has 1 amide bonds. The molecule has 4 aromatic carbocycles.